The number of amides is 2. The molecule has 168 valence electrons. The van der Waals surface area contributed by atoms with Crippen LogP contribution in [0.1, 0.15) is 29.6 Å². The topological polar surface area (TPSA) is 98.1 Å². The predicted molar refractivity (Wildman–Crippen MR) is 129 cm³/mol. The monoisotopic (exact) mass is 461 g/mol. The summed E-state index contributed by atoms with van der Waals surface area (Å²) in [4.78, 5) is 30.7. The SMILES string of the molecule is CCOc1cc(-c2ccccc2)sc1C(=O)Nc1ccc(NC(=O)C(C)n2cncn2)cc1. The molecule has 0 aliphatic rings. The van der Waals surface area contributed by atoms with Gasteiger partial charge in [0.2, 0.25) is 5.91 Å². The number of anilines is 2. The highest BCUT2D eigenvalue weighted by atomic mass is 32.1. The summed E-state index contributed by atoms with van der Waals surface area (Å²) in [5.41, 5.74) is 2.25. The van der Waals surface area contributed by atoms with Crippen LogP contribution < -0.4 is 15.4 Å². The van der Waals surface area contributed by atoms with Crippen LogP contribution in [-0.4, -0.2) is 33.2 Å². The van der Waals surface area contributed by atoms with Crippen molar-refractivity contribution < 1.29 is 14.3 Å². The molecule has 2 amide bonds. The molecule has 4 rings (SSSR count). The number of nitrogens with zero attached hydrogens (tertiary/aromatic N) is 3. The van der Waals surface area contributed by atoms with Gasteiger partial charge in [-0.1, -0.05) is 30.3 Å². The van der Waals surface area contributed by atoms with E-state index in [-0.39, 0.29) is 11.8 Å². The van der Waals surface area contributed by atoms with Crippen LogP contribution in [0.2, 0.25) is 0 Å². The molecule has 0 bridgehead atoms. The molecule has 2 N–H and O–H groups in total. The van der Waals surface area contributed by atoms with E-state index in [4.69, 9.17) is 4.74 Å². The zero-order valence-corrected chi connectivity index (χ0v) is 19.0. The van der Waals surface area contributed by atoms with Crippen LogP contribution in [0.15, 0.2) is 73.3 Å². The van der Waals surface area contributed by atoms with Gasteiger partial charge in [0.05, 0.1) is 6.61 Å². The lowest BCUT2D eigenvalue weighted by Crippen LogP contribution is -2.24. The number of ether oxygens (including phenoxy) is 1. The van der Waals surface area contributed by atoms with Crippen molar-refractivity contribution in [2.75, 3.05) is 17.2 Å². The molecule has 1 atom stereocenters. The smallest absolute Gasteiger partial charge is 0.269 e. The van der Waals surface area contributed by atoms with Crippen LogP contribution in [0.4, 0.5) is 11.4 Å². The molecule has 9 heteroatoms. The molecule has 0 fully saturated rings. The van der Waals surface area contributed by atoms with Gasteiger partial charge in [0.1, 0.15) is 29.3 Å². The van der Waals surface area contributed by atoms with Crippen LogP contribution in [0.3, 0.4) is 0 Å². The molecule has 0 saturated carbocycles. The first-order chi connectivity index (χ1) is 16.0. The number of nitrogens with one attached hydrogen (secondary N) is 2. The van der Waals surface area contributed by atoms with Crippen LogP contribution in [0.25, 0.3) is 10.4 Å². The summed E-state index contributed by atoms with van der Waals surface area (Å²) in [6.45, 7) is 4.09. The van der Waals surface area contributed by atoms with Crippen molar-refractivity contribution in [2.24, 2.45) is 0 Å². The summed E-state index contributed by atoms with van der Waals surface area (Å²) < 4.78 is 7.18. The first kappa shape index (κ1) is 22.2. The average Bonchev–Trinajstić information content (AvgIpc) is 3.51. The molecular weight excluding hydrogens is 438 g/mol. The second-order valence-corrected chi connectivity index (χ2v) is 8.23. The molecule has 8 nitrogen and oxygen atoms in total. The van der Waals surface area contributed by atoms with E-state index < -0.39 is 6.04 Å². The van der Waals surface area contributed by atoms with Gasteiger partial charge in [-0.15, -0.1) is 11.3 Å². The van der Waals surface area contributed by atoms with Crippen molar-refractivity contribution in [3.63, 3.8) is 0 Å². The fourth-order valence-electron chi connectivity index (χ4n) is 3.15. The van der Waals surface area contributed by atoms with Gasteiger partial charge in [-0.25, -0.2) is 9.67 Å². The Balaban J connectivity index is 1.44. The van der Waals surface area contributed by atoms with Gasteiger partial charge >= 0.3 is 0 Å². The van der Waals surface area contributed by atoms with Crippen LogP contribution in [0.5, 0.6) is 5.75 Å². The first-order valence-corrected chi connectivity index (χ1v) is 11.2. The maximum Gasteiger partial charge on any atom is 0.269 e. The van der Waals surface area contributed by atoms with E-state index in [2.05, 4.69) is 20.7 Å². The summed E-state index contributed by atoms with van der Waals surface area (Å²) in [5.74, 6) is 0.0951. The van der Waals surface area contributed by atoms with E-state index in [0.717, 1.165) is 10.4 Å². The Bertz CT molecular complexity index is 1220. The van der Waals surface area contributed by atoms with Gasteiger partial charge in [0, 0.05) is 16.3 Å². The Hall–Kier alpha value is -3.98. The third kappa shape index (κ3) is 5.27. The Morgan fingerprint density at radius 1 is 1.06 bits per heavy atom. The van der Waals surface area contributed by atoms with Gasteiger partial charge in [0.25, 0.3) is 5.91 Å². The number of carbonyl (C=O) groups is 2. The lowest BCUT2D eigenvalue weighted by molar-refractivity contribution is -0.119. The average molecular weight is 462 g/mol. The number of aromatic nitrogens is 3. The Morgan fingerprint density at radius 2 is 1.76 bits per heavy atom. The lowest BCUT2D eigenvalue weighted by atomic mass is 10.2. The minimum atomic E-state index is -0.499. The third-order valence-electron chi connectivity index (χ3n) is 4.89. The number of carbonyl (C=O) groups excluding carboxylic acids is 2. The van der Waals surface area contributed by atoms with E-state index in [9.17, 15) is 9.59 Å². The number of benzene rings is 2. The van der Waals surface area contributed by atoms with E-state index in [1.807, 2.05) is 43.3 Å². The normalized spacial score (nSPS) is 11.6. The summed E-state index contributed by atoms with van der Waals surface area (Å²) in [5, 5.41) is 9.72. The van der Waals surface area contributed by atoms with Gasteiger partial charge < -0.3 is 15.4 Å². The zero-order chi connectivity index (χ0) is 23.2. The van der Waals surface area contributed by atoms with Crippen molar-refractivity contribution in [2.45, 2.75) is 19.9 Å². The van der Waals surface area contributed by atoms with Crippen molar-refractivity contribution in [1.29, 1.82) is 0 Å². The zero-order valence-electron chi connectivity index (χ0n) is 18.2. The van der Waals surface area contributed by atoms with Crippen molar-refractivity contribution >= 4 is 34.5 Å². The molecule has 1 unspecified atom stereocenters. The number of hydrogen-bond acceptors (Lipinski definition) is 6. The molecule has 33 heavy (non-hydrogen) atoms. The van der Waals surface area contributed by atoms with Crippen LogP contribution >= 0.6 is 11.3 Å². The van der Waals surface area contributed by atoms with Gasteiger partial charge in [0.15, 0.2) is 0 Å². The molecule has 2 aromatic heterocycles. The second kappa shape index (κ2) is 10.1. The fourth-order valence-corrected chi connectivity index (χ4v) is 4.15. The molecule has 0 saturated heterocycles. The minimum Gasteiger partial charge on any atom is -0.492 e. The highest BCUT2D eigenvalue weighted by molar-refractivity contribution is 7.17. The molecule has 4 aromatic rings. The Labute approximate surface area is 195 Å². The summed E-state index contributed by atoms with van der Waals surface area (Å²) in [6, 6.07) is 18.2. The molecule has 2 heterocycles. The quantitative estimate of drug-likeness (QED) is 0.391. The lowest BCUT2D eigenvalue weighted by Gasteiger charge is -2.12. The number of rotatable bonds is 8. The molecule has 0 spiro atoms. The Morgan fingerprint density at radius 3 is 2.39 bits per heavy atom. The summed E-state index contributed by atoms with van der Waals surface area (Å²) >= 11 is 1.39. The largest absolute Gasteiger partial charge is 0.492 e. The molecule has 0 aliphatic carbocycles. The maximum atomic E-state index is 13.0. The van der Waals surface area contributed by atoms with Crippen molar-refractivity contribution in [3.8, 4) is 16.2 Å². The second-order valence-electron chi connectivity index (χ2n) is 7.18. The van der Waals surface area contributed by atoms with E-state index >= 15 is 0 Å². The molecule has 0 aliphatic heterocycles. The summed E-state index contributed by atoms with van der Waals surface area (Å²) in [7, 11) is 0. The van der Waals surface area contributed by atoms with Gasteiger partial charge in [-0.2, -0.15) is 5.10 Å². The number of thiophene rings is 1. The van der Waals surface area contributed by atoms with Gasteiger partial charge in [-0.3, -0.25) is 9.59 Å². The first-order valence-electron chi connectivity index (χ1n) is 10.4. The molecule has 2 aromatic carbocycles. The van der Waals surface area contributed by atoms with Crippen molar-refractivity contribution in [3.05, 3.63) is 78.2 Å². The van der Waals surface area contributed by atoms with E-state index in [1.54, 1.807) is 31.2 Å². The number of hydrogen-bond donors (Lipinski definition) is 2. The molecule has 0 radical (unpaired) electrons. The minimum absolute atomic E-state index is 0.217. The fraction of sp³-hybridized carbons (Fsp3) is 0.167. The summed E-state index contributed by atoms with van der Waals surface area (Å²) in [6.07, 6.45) is 2.88. The highest BCUT2D eigenvalue weighted by Gasteiger charge is 2.19. The van der Waals surface area contributed by atoms with E-state index in [0.29, 0.717) is 28.6 Å². The van der Waals surface area contributed by atoms with Crippen molar-refractivity contribution in [1.82, 2.24) is 14.8 Å². The van der Waals surface area contributed by atoms with Gasteiger partial charge in [-0.05, 0) is 49.7 Å². The maximum absolute atomic E-state index is 13.0. The standard InChI is InChI=1S/C24H23N5O3S/c1-3-32-20-13-21(17-7-5-4-6-8-17)33-22(20)24(31)28-19-11-9-18(10-12-19)27-23(30)16(2)29-15-25-14-26-29/h4-16H,3H2,1-2H3,(H,27,30)(H,28,31). The third-order valence-corrected chi connectivity index (χ3v) is 6.05. The van der Waals surface area contributed by atoms with E-state index in [1.165, 1.54) is 28.7 Å². The van der Waals surface area contributed by atoms with Crippen LogP contribution in [0, 0.1) is 0 Å². The predicted octanol–water partition coefficient (Wildman–Crippen LogP) is 4.86. The highest BCUT2D eigenvalue weighted by Crippen LogP contribution is 2.36. The Kier molecular flexibility index (Phi) is 6.80. The van der Waals surface area contributed by atoms with Crippen LogP contribution in [-0.2, 0) is 4.79 Å². The molecular formula is C24H23N5O3S.